The van der Waals surface area contributed by atoms with Gasteiger partial charge in [-0.3, -0.25) is 0 Å². The summed E-state index contributed by atoms with van der Waals surface area (Å²) in [6, 6.07) is 4.54. The molecule has 0 unspecified atom stereocenters. The zero-order chi connectivity index (χ0) is 14.8. The number of hydrogen-bond donors (Lipinski definition) is 0. The van der Waals surface area contributed by atoms with Crippen molar-refractivity contribution in [2.45, 2.75) is 16.2 Å². The van der Waals surface area contributed by atoms with Crippen LogP contribution in [0, 0.1) is 0 Å². The van der Waals surface area contributed by atoms with Gasteiger partial charge in [0.15, 0.2) is 0 Å². The smallest absolute Gasteiger partial charge is 0.209 e. The lowest BCUT2D eigenvalue weighted by Crippen LogP contribution is -2.32. The first-order chi connectivity index (χ1) is 8.56. The van der Waals surface area contributed by atoms with Gasteiger partial charge in [0.1, 0.15) is 9.79 Å². The summed E-state index contributed by atoms with van der Waals surface area (Å²) in [5.41, 5.74) is 0. The van der Waals surface area contributed by atoms with Crippen LogP contribution in [-0.2, 0) is 19.1 Å². The van der Waals surface area contributed by atoms with Gasteiger partial charge in [0, 0.05) is 17.7 Å². The van der Waals surface area contributed by atoms with Gasteiger partial charge < -0.3 is 0 Å². The minimum atomic E-state index is -4.36. The second-order valence-electron chi connectivity index (χ2n) is 3.56. The van der Waals surface area contributed by atoms with Gasteiger partial charge in [-0.1, -0.05) is 12.1 Å². The summed E-state index contributed by atoms with van der Waals surface area (Å²) >= 11 is 0. The molecule has 0 N–H and O–H groups in total. The molecular formula is C9H10ClF2NO4S2. The van der Waals surface area contributed by atoms with Gasteiger partial charge in [0.2, 0.25) is 10.0 Å². The maximum Gasteiger partial charge on any atom is 0.262 e. The Labute approximate surface area is 114 Å². The molecule has 1 aromatic rings. The molecular weight excluding hydrogens is 324 g/mol. The highest BCUT2D eigenvalue weighted by Gasteiger charge is 2.29. The lowest BCUT2D eigenvalue weighted by atomic mass is 10.4. The Hall–Kier alpha value is -0.770. The van der Waals surface area contributed by atoms with Gasteiger partial charge in [-0.15, -0.1) is 0 Å². The summed E-state index contributed by atoms with van der Waals surface area (Å²) in [6.45, 7) is -1.04. The van der Waals surface area contributed by atoms with E-state index in [4.69, 9.17) is 10.7 Å². The molecule has 0 amide bonds. The molecule has 10 heteroatoms. The van der Waals surface area contributed by atoms with E-state index in [9.17, 15) is 25.6 Å². The molecule has 0 saturated carbocycles. The normalized spacial score (nSPS) is 13.2. The average Bonchev–Trinajstić information content (AvgIpc) is 2.27. The van der Waals surface area contributed by atoms with Gasteiger partial charge in [-0.05, 0) is 12.1 Å². The van der Waals surface area contributed by atoms with Crippen LogP contribution in [-0.4, -0.2) is 41.2 Å². The number of alkyl halides is 2. The van der Waals surface area contributed by atoms with Crippen LogP contribution in [0.4, 0.5) is 8.78 Å². The summed E-state index contributed by atoms with van der Waals surface area (Å²) < 4.78 is 71.4. The van der Waals surface area contributed by atoms with Crippen LogP contribution in [0.3, 0.4) is 0 Å². The number of hydrogen-bond acceptors (Lipinski definition) is 4. The molecule has 19 heavy (non-hydrogen) atoms. The Balaban J connectivity index is 3.38. The van der Waals surface area contributed by atoms with E-state index in [1.54, 1.807) is 0 Å². The van der Waals surface area contributed by atoms with Crippen molar-refractivity contribution in [1.29, 1.82) is 0 Å². The number of nitrogens with zero attached hydrogens (tertiary/aromatic N) is 1. The summed E-state index contributed by atoms with van der Waals surface area (Å²) in [5, 5.41) is 0. The van der Waals surface area contributed by atoms with Crippen molar-refractivity contribution in [1.82, 2.24) is 4.31 Å². The predicted octanol–water partition coefficient (Wildman–Crippen LogP) is 1.50. The minimum Gasteiger partial charge on any atom is -0.209 e. The maximum atomic E-state index is 12.2. The SMILES string of the molecule is CN(CC(F)F)S(=O)(=O)c1ccccc1S(=O)(=O)Cl. The van der Waals surface area contributed by atoms with Crippen molar-refractivity contribution < 1.29 is 25.6 Å². The molecule has 1 rings (SSSR count). The largest absolute Gasteiger partial charge is 0.262 e. The van der Waals surface area contributed by atoms with Crippen LogP contribution < -0.4 is 0 Å². The third-order valence-electron chi connectivity index (χ3n) is 2.20. The lowest BCUT2D eigenvalue weighted by Gasteiger charge is -2.17. The maximum absolute atomic E-state index is 12.2. The first kappa shape index (κ1) is 16.3. The first-order valence-corrected chi connectivity index (χ1v) is 8.60. The Bertz CT molecular complexity index is 661. The average molecular weight is 334 g/mol. The van der Waals surface area contributed by atoms with E-state index in [1.807, 2.05) is 0 Å². The van der Waals surface area contributed by atoms with Crippen LogP contribution in [0.25, 0.3) is 0 Å². The summed E-state index contributed by atoms with van der Waals surface area (Å²) in [7, 11) is -2.61. The molecule has 0 aliphatic rings. The number of sulfonamides is 1. The van der Waals surface area contributed by atoms with Gasteiger partial charge in [0.25, 0.3) is 15.5 Å². The van der Waals surface area contributed by atoms with E-state index in [2.05, 4.69) is 0 Å². The Morgan fingerprint density at radius 1 is 1.16 bits per heavy atom. The number of benzene rings is 1. The van der Waals surface area contributed by atoms with E-state index in [1.165, 1.54) is 12.1 Å². The zero-order valence-corrected chi connectivity index (χ0v) is 12.0. The molecule has 0 spiro atoms. The van der Waals surface area contributed by atoms with Crippen molar-refractivity contribution in [3.8, 4) is 0 Å². The van der Waals surface area contributed by atoms with Crippen molar-refractivity contribution in [3.63, 3.8) is 0 Å². The van der Waals surface area contributed by atoms with Crippen molar-refractivity contribution in [2.75, 3.05) is 13.6 Å². The highest BCUT2D eigenvalue weighted by Crippen LogP contribution is 2.26. The molecule has 0 fully saturated rings. The fraction of sp³-hybridized carbons (Fsp3) is 0.333. The van der Waals surface area contributed by atoms with Crippen LogP contribution in [0.15, 0.2) is 34.1 Å². The molecule has 0 saturated heterocycles. The zero-order valence-electron chi connectivity index (χ0n) is 9.62. The Morgan fingerprint density at radius 3 is 2.05 bits per heavy atom. The molecule has 0 heterocycles. The molecule has 0 aliphatic heterocycles. The van der Waals surface area contributed by atoms with Gasteiger partial charge >= 0.3 is 0 Å². The van der Waals surface area contributed by atoms with Crippen LogP contribution in [0.2, 0.25) is 0 Å². The monoisotopic (exact) mass is 333 g/mol. The fourth-order valence-electron chi connectivity index (χ4n) is 1.33. The standard InChI is InChI=1S/C9H10ClF2NO4S2/c1-13(6-9(11)12)19(16,17)8-5-3-2-4-7(8)18(10,14)15/h2-5,9H,6H2,1H3. The Morgan fingerprint density at radius 2 is 1.63 bits per heavy atom. The molecule has 0 atom stereocenters. The van der Waals surface area contributed by atoms with E-state index >= 15 is 0 Å². The third kappa shape index (κ3) is 3.85. The fourth-order valence-corrected chi connectivity index (χ4v) is 4.28. The quantitative estimate of drug-likeness (QED) is 0.766. The van der Waals surface area contributed by atoms with Gasteiger partial charge in [-0.2, -0.15) is 4.31 Å². The van der Waals surface area contributed by atoms with Crippen LogP contribution in [0.1, 0.15) is 0 Å². The minimum absolute atomic E-state index is 0.374. The molecule has 0 aromatic heterocycles. The Kier molecular flexibility index (Phi) is 4.88. The molecule has 0 bridgehead atoms. The van der Waals surface area contributed by atoms with Crippen molar-refractivity contribution in [3.05, 3.63) is 24.3 Å². The number of rotatable bonds is 5. The molecule has 108 valence electrons. The summed E-state index contributed by atoms with van der Waals surface area (Å²) in [6.07, 6.45) is -2.88. The number of halogens is 3. The molecule has 5 nitrogen and oxygen atoms in total. The molecule has 1 aromatic carbocycles. The van der Waals surface area contributed by atoms with Crippen molar-refractivity contribution >= 4 is 29.8 Å². The summed E-state index contributed by atoms with van der Waals surface area (Å²) in [5.74, 6) is 0. The van der Waals surface area contributed by atoms with E-state index < -0.39 is 41.8 Å². The lowest BCUT2D eigenvalue weighted by molar-refractivity contribution is 0.126. The predicted molar refractivity (Wildman–Crippen MR) is 65.3 cm³/mol. The second kappa shape index (κ2) is 5.70. The molecule has 0 aliphatic carbocycles. The molecule has 0 radical (unpaired) electrons. The highest BCUT2D eigenvalue weighted by atomic mass is 35.7. The first-order valence-electron chi connectivity index (χ1n) is 4.85. The topological polar surface area (TPSA) is 71.5 Å². The van der Waals surface area contributed by atoms with Crippen molar-refractivity contribution in [2.24, 2.45) is 0 Å². The second-order valence-corrected chi connectivity index (χ2v) is 8.11. The van der Waals surface area contributed by atoms with E-state index in [0.29, 0.717) is 4.31 Å². The van der Waals surface area contributed by atoms with Crippen LogP contribution >= 0.6 is 10.7 Å². The third-order valence-corrected chi connectivity index (χ3v) is 5.59. The van der Waals surface area contributed by atoms with Gasteiger partial charge in [0.05, 0.1) is 6.54 Å². The van der Waals surface area contributed by atoms with E-state index in [-0.39, 0.29) is 0 Å². The van der Waals surface area contributed by atoms with E-state index in [0.717, 1.165) is 19.2 Å². The van der Waals surface area contributed by atoms with Crippen LogP contribution in [0.5, 0.6) is 0 Å². The highest BCUT2D eigenvalue weighted by molar-refractivity contribution is 8.14. The summed E-state index contributed by atoms with van der Waals surface area (Å²) in [4.78, 5) is -1.27. The van der Waals surface area contributed by atoms with Gasteiger partial charge in [-0.25, -0.2) is 25.6 Å².